The van der Waals surface area contributed by atoms with E-state index < -0.39 is 17.7 Å². The lowest BCUT2D eigenvalue weighted by Crippen LogP contribution is -2.31. The molecule has 0 radical (unpaired) electrons. The van der Waals surface area contributed by atoms with Crippen molar-refractivity contribution in [3.8, 4) is 5.75 Å². The first-order valence-electron chi connectivity index (χ1n) is 9.73. The average Bonchev–Trinajstić information content (AvgIpc) is 3.04. The second-order valence-corrected chi connectivity index (χ2v) is 7.19. The van der Waals surface area contributed by atoms with Gasteiger partial charge in [-0.05, 0) is 29.7 Å². The SMILES string of the molecule is O=C1C(=O)N(CCc2ccccc2)C(c2ccc(O)cc2)C1=C(O)c1ccccc1. The molecule has 3 aromatic carbocycles. The number of amides is 1. The number of likely N-dealkylation sites (tertiary alicyclic amines) is 1. The fourth-order valence-electron chi connectivity index (χ4n) is 3.76. The van der Waals surface area contributed by atoms with Crippen LogP contribution in [0, 0.1) is 0 Å². The molecule has 0 bridgehead atoms. The van der Waals surface area contributed by atoms with Crippen LogP contribution in [0.4, 0.5) is 0 Å². The number of ketones is 1. The van der Waals surface area contributed by atoms with Gasteiger partial charge in [-0.15, -0.1) is 0 Å². The number of nitrogens with zero attached hydrogens (tertiary/aromatic N) is 1. The zero-order valence-corrected chi connectivity index (χ0v) is 16.2. The number of aliphatic hydroxyl groups is 1. The fourth-order valence-corrected chi connectivity index (χ4v) is 3.76. The van der Waals surface area contributed by atoms with Crippen molar-refractivity contribution in [1.29, 1.82) is 0 Å². The molecule has 3 aromatic rings. The van der Waals surface area contributed by atoms with E-state index in [0.717, 1.165) is 5.56 Å². The van der Waals surface area contributed by atoms with Crippen molar-refractivity contribution >= 4 is 17.4 Å². The molecule has 0 saturated carbocycles. The van der Waals surface area contributed by atoms with Gasteiger partial charge in [0.25, 0.3) is 11.7 Å². The maximum atomic E-state index is 12.9. The van der Waals surface area contributed by atoms with Crippen molar-refractivity contribution in [2.75, 3.05) is 6.54 Å². The number of phenolic OH excluding ortho intramolecular Hbond substituents is 1. The van der Waals surface area contributed by atoms with E-state index >= 15 is 0 Å². The van der Waals surface area contributed by atoms with E-state index in [1.807, 2.05) is 36.4 Å². The van der Waals surface area contributed by atoms with E-state index in [1.54, 1.807) is 36.4 Å². The van der Waals surface area contributed by atoms with Gasteiger partial charge in [0.15, 0.2) is 0 Å². The third kappa shape index (κ3) is 3.70. The lowest BCUT2D eigenvalue weighted by Gasteiger charge is -2.25. The zero-order chi connectivity index (χ0) is 21.1. The van der Waals surface area contributed by atoms with E-state index in [4.69, 9.17) is 0 Å². The summed E-state index contributed by atoms with van der Waals surface area (Å²) in [4.78, 5) is 27.3. The average molecular weight is 399 g/mol. The Morgan fingerprint density at radius 1 is 0.833 bits per heavy atom. The van der Waals surface area contributed by atoms with Gasteiger partial charge in [-0.3, -0.25) is 9.59 Å². The number of rotatable bonds is 5. The van der Waals surface area contributed by atoms with Crippen LogP contribution in [-0.2, 0) is 16.0 Å². The van der Waals surface area contributed by atoms with Gasteiger partial charge in [0.2, 0.25) is 0 Å². The van der Waals surface area contributed by atoms with E-state index in [2.05, 4.69) is 0 Å². The van der Waals surface area contributed by atoms with Crippen LogP contribution in [0.25, 0.3) is 5.76 Å². The topological polar surface area (TPSA) is 77.8 Å². The lowest BCUT2D eigenvalue weighted by molar-refractivity contribution is -0.139. The second kappa shape index (κ2) is 8.25. The number of aromatic hydroxyl groups is 1. The molecule has 0 aliphatic carbocycles. The summed E-state index contributed by atoms with van der Waals surface area (Å²) >= 11 is 0. The number of aliphatic hydroxyl groups excluding tert-OH is 1. The van der Waals surface area contributed by atoms with Gasteiger partial charge in [0.05, 0.1) is 11.6 Å². The highest BCUT2D eigenvalue weighted by molar-refractivity contribution is 6.46. The molecule has 1 fully saturated rings. The molecule has 4 rings (SSSR count). The number of Topliss-reactive ketones (excluding diaryl/α,β-unsaturated/α-hetero) is 1. The van der Waals surface area contributed by atoms with E-state index in [0.29, 0.717) is 24.1 Å². The minimum atomic E-state index is -0.727. The van der Waals surface area contributed by atoms with Crippen molar-refractivity contribution in [1.82, 2.24) is 4.90 Å². The number of benzene rings is 3. The normalized spacial score (nSPS) is 18.0. The van der Waals surface area contributed by atoms with Gasteiger partial charge in [-0.2, -0.15) is 0 Å². The molecule has 1 aliphatic rings. The largest absolute Gasteiger partial charge is 0.508 e. The maximum Gasteiger partial charge on any atom is 0.295 e. The van der Waals surface area contributed by atoms with E-state index in [-0.39, 0.29) is 17.1 Å². The Morgan fingerprint density at radius 3 is 2.07 bits per heavy atom. The number of hydrogen-bond donors (Lipinski definition) is 2. The Hall–Kier alpha value is -3.86. The Morgan fingerprint density at radius 2 is 1.43 bits per heavy atom. The molecule has 30 heavy (non-hydrogen) atoms. The summed E-state index contributed by atoms with van der Waals surface area (Å²) in [6.45, 7) is 0.325. The standard InChI is InChI=1S/C25H21NO4/c27-20-13-11-18(12-14-20)22-21(23(28)19-9-5-2-6-10-19)24(29)25(30)26(22)16-15-17-7-3-1-4-8-17/h1-14,22,27-28H,15-16H2. The summed E-state index contributed by atoms with van der Waals surface area (Å²) < 4.78 is 0. The van der Waals surface area contributed by atoms with E-state index in [1.165, 1.54) is 17.0 Å². The van der Waals surface area contributed by atoms with Gasteiger partial charge < -0.3 is 15.1 Å². The molecule has 1 heterocycles. The van der Waals surface area contributed by atoms with Gasteiger partial charge in [-0.25, -0.2) is 0 Å². The Labute approximate surface area is 174 Å². The molecule has 5 heteroatoms. The highest BCUT2D eigenvalue weighted by Crippen LogP contribution is 2.39. The molecular formula is C25H21NO4. The zero-order valence-electron chi connectivity index (χ0n) is 16.2. The van der Waals surface area contributed by atoms with Crippen LogP contribution in [-0.4, -0.2) is 33.3 Å². The van der Waals surface area contributed by atoms with Crippen LogP contribution >= 0.6 is 0 Å². The first-order valence-corrected chi connectivity index (χ1v) is 9.73. The fraction of sp³-hybridized carbons (Fsp3) is 0.120. The summed E-state index contributed by atoms with van der Waals surface area (Å²) in [5, 5.41) is 20.6. The number of phenols is 1. The minimum Gasteiger partial charge on any atom is -0.508 e. The van der Waals surface area contributed by atoms with E-state index in [9.17, 15) is 19.8 Å². The molecule has 150 valence electrons. The minimum absolute atomic E-state index is 0.0601. The predicted octanol–water partition coefficient (Wildman–Crippen LogP) is 4.06. The van der Waals surface area contributed by atoms with Gasteiger partial charge >= 0.3 is 0 Å². The Balaban J connectivity index is 1.78. The summed E-state index contributed by atoms with van der Waals surface area (Å²) in [5.74, 6) is -1.46. The molecular weight excluding hydrogens is 378 g/mol. The van der Waals surface area contributed by atoms with Crippen LogP contribution in [0.5, 0.6) is 5.75 Å². The summed E-state index contributed by atoms with van der Waals surface area (Å²) in [6.07, 6.45) is 0.577. The van der Waals surface area contributed by atoms with Crippen LogP contribution in [0.1, 0.15) is 22.7 Å². The molecule has 1 aliphatic heterocycles. The first kappa shape index (κ1) is 19.5. The number of carbonyl (C=O) groups is 2. The number of carbonyl (C=O) groups excluding carboxylic acids is 2. The van der Waals surface area contributed by atoms with Crippen molar-refractivity contribution in [3.63, 3.8) is 0 Å². The molecule has 2 N–H and O–H groups in total. The van der Waals surface area contributed by atoms with Crippen molar-refractivity contribution in [2.24, 2.45) is 0 Å². The first-order chi connectivity index (χ1) is 14.6. The van der Waals surface area contributed by atoms with Crippen LogP contribution < -0.4 is 0 Å². The van der Waals surface area contributed by atoms with Crippen LogP contribution in [0.15, 0.2) is 90.5 Å². The smallest absolute Gasteiger partial charge is 0.295 e. The summed E-state index contributed by atoms with van der Waals surface area (Å²) in [6, 6.07) is 24.1. The summed E-state index contributed by atoms with van der Waals surface area (Å²) in [7, 11) is 0. The quantitative estimate of drug-likeness (QED) is 0.385. The summed E-state index contributed by atoms with van der Waals surface area (Å²) in [5.41, 5.74) is 2.23. The monoisotopic (exact) mass is 399 g/mol. The predicted molar refractivity (Wildman–Crippen MR) is 114 cm³/mol. The molecule has 1 amide bonds. The molecule has 1 saturated heterocycles. The van der Waals surface area contributed by atoms with Crippen molar-refractivity contribution in [3.05, 3.63) is 107 Å². The Bertz CT molecular complexity index is 1090. The Kier molecular flexibility index (Phi) is 5.35. The van der Waals surface area contributed by atoms with Crippen molar-refractivity contribution in [2.45, 2.75) is 12.5 Å². The van der Waals surface area contributed by atoms with Crippen LogP contribution in [0.2, 0.25) is 0 Å². The third-order valence-electron chi connectivity index (χ3n) is 5.28. The second-order valence-electron chi connectivity index (χ2n) is 7.19. The molecule has 1 unspecified atom stereocenters. The maximum absolute atomic E-state index is 12.9. The lowest BCUT2D eigenvalue weighted by atomic mass is 9.95. The molecule has 1 atom stereocenters. The highest BCUT2D eigenvalue weighted by atomic mass is 16.3. The van der Waals surface area contributed by atoms with Gasteiger partial charge in [-0.1, -0.05) is 72.8 Å². The van der Waals surface area contributed by atoms with Gasteiger partial charge in [0.1, 0.15) is 11.5 Å². The molecule has 5 nitrogen and oxygen atoms in total. The van der Waals surface area contributed by atoms with Gasteiger partial charge in [0, 0.05) is 12.1 Å². The van der Waals surface area contributed by atoms with Crippen molar-refractivity contribution < 1.29 is 19.8 Å². The molecule has 0 spiro atoms. The highest BCUT2D eigenvalue weighted by Gasteiger charge is 2.45. The molecule has 0 aromatic heterocycles. The third-order valence-corrected chi connectivity index (χ3v) is 5.28. The number of hydrogen-bond acceptors (Lipinski definition) is 4. The van der Waals surface area contributed by atoms with Crippen LogP contribution in [0.3, 0.4) is 0 Å².